The number of hydrogen-bond acceptors (Lipinski definition) is 1. The van der Waals surface area contributed by atoms with E-state index in [1.165, 1.54) is 6.20 Å². The van der Waals surface area contributed by atoms with Gasteiger partial charge in [0, 0.05) is 33.8 Å². The van der Waals surface area contributed by atoms with Crippen molar-refractivity contribution in [3.05, 3.63) is 70.4 Å². The van der Waals surface area contributed by atoms with E-state index in [0.717, 1.165) is 12.1 Å². The van der Waals surface area contributed by atoms with Gasteiger partial charge in [-0.1, -0.05) is 17.7 Å². The van der Waals surface area contributed by atoms with E-state index in [1.54, 1.807) is 18.2 Å². The zero-order chi connectivity index (χ0) is 14.3. The van der Waals surface area contributed by atoms with E-state index >= 15 is 0 Å². The van der Waals surface area contributed by atoms with Gasteiger partial charge >= 0.3 is 0 Å². The van der Waals surface area contributed by atoms with Crippen LogP contribution in [0.1, 0.15) is 15.9 Å². The van der Waals surface area contributed by atoms with Gasteiger partial charge in [0.05, 0.1) is 5.56 Å². The number of H-pyrrole nitrogens is 1. The zero-order valence-corrected chi connectivity index (χ0v) is 10.8. The first kappa shape index (κ1) is 12.8. The molecule has 0 saturated heterocycles. The van der Waals surface area contributed by atoms with Crippen LogP contribution >= 0.6 is 11.6 Å². The lowest BCUT2D eigenvalue weighted by Gasteiger charge is -2.02. The second-order valence-electron chi connectivity index (χ2n) is 4.35. The van der Waals surface area contributed by atoms with Gasteiger partial charge in [0.2, 0.25) is 0 Å². The van der Waals surface area contributed by atoms with Crippen molar-refractivity contribution in [1.82, 2.24) is 4.98 Å². The van der Waals surface area contributed by atoms with E-state index in [0.29, 0.717) is 27.6 Å². The zero-order valence-electron chi connectivity index (χ0n) is 10.1. The molecule has 0 aliphatic heterocycles. The minimum Gasteiger partial charge on any atom is -0.360 e. The molecule has 2 aromatic carbocycles. The predicted molar refractivity (Wildman–Crippen MR) is 73.1 cm³/mol. The van der Waals surface area contributed by atoms with Crippen molar-refractivity contribution in [3.63, 3.8) is 0 Å². The van der Waals surface area contributed by atoms with Crippen LogP contribution in [0, 0.1) is 11.6 Å². The fourth-order valence-corrected chi connectivity index (χ4v) is 2.28. The molecule has 0 fully saturated rings. The number of benzene rings is 2. The van der Waals surface area contributed by atoms with Gasteiger partial charge in [-0.25, -0.2) is 8.78 Å². The second-order valence-corrected chi connectivity index (χ2v) is 4.78. The summed E-state index contributed by atoms with van der Waals surface area (Å²) in [7, 11) is 0. The number of aromatic nitrogens is 1. The van der Waals surface area contributed by atoms with E-state index < -0.39 is 17.4 Å². The SMILES string of the molecule is O=C(c1ccc(F)cc1F)c1c[nH]c2cc(Cl)ccc12. The van der Waals surface area contributed by atoms with Crippen molar-refractivity contribution in [2.75, 3.05) is 0 Å². The molecule has 0 aliphatic rings. The lowest BCUT2D eigenvalue weighted by Crippen LogP contribution is -2.04. The molecule has 0 bridgehead atoms. The van der Waals surface area contributed by atoms with Gasteiger partial charge in [-0.3, -0.25) is 4.79 Å². The highest BCUT2D eigenvalue weighted by Gasteiger charge is 2.18. The molecule has 20 heavy (non-hydrogen) atoms. The highest BCUT2D eigenvalue weighted by molar-refractivity contribution is 6.31. The Morgan fingerprint density at radius 2 is 1.85 bits per heavy atom. The lowest BCUT2D eigenvalue weighted by atomic mass is 10.0. The number of carbonyl (C=O) groups excluding carboxylic acids is 1. The van der Waals surface area contributed by atoms with Crippen molar-refractivity contribution in [3.8, 4) is 0 Å². The molecule has 0 spiro atoms. The molecule has 2 nitrogen and oxygen atoms in total. The molecule has 0 unspecified atom stereocenters. The standard InChI is InChI=1S/C15H8ClF2NO/c16-8-1-3-10-12(7-19-14(10)5-8)15(20)11-4-2-9(17)6-13(11)18/h1-7,19H. The highest BCUT2D eigenvalue weighted by Crippen LogP contribution is 2.25. The van der Waals surface area contributed by atoms with Crippen LogP contribution in [0.2, 0.25) is 5.02 Å². The molecular formula is C15H8ClF2NO. The van der Waals surface area contributed by atoms with Gasteiger partial charge in [0.15, 0.2) is 5.78 Å². The van der Waals surface area contributed by atoms with Crippen LogP contribution in [-0.2, 0) is 0 Å². The van der Waals surface area contributed by atoms with Crippen molar-refractivity contribution in [2.45, 2.75) is 0 Å². The minimum atomic E-state index is -0.877. The van der Waals surface area contributed by atoms with Gasteiger partial charge < -0.3 is 4.98 Å². The normalized spacial score (nSPS) is 10.9. The molecule has 0 radical (unpaired) electrons. The molecule has 0 saturated carbocycles. The maximum atomic E-state index is 13.7. The Balaban J connectivity index is 2.13. The maximum Gasteiger partial charge on any atom is 0.198 e. The van der Waals surface area contributed by atoms with Gasteiger partial charge in [-0.2, -0.15) is 0 Å². The maximum absolute atomic E-state index is 13.7. The fraction of sp³-hybridized carbons (Fsp3) is 0. The number of carbonyl (C=O) groups is 1. The van der Waals surface area contributed by atoms with Crippen LogP contribution in [0.25, 0.3) is 10.9 Å². The van der Waals surface area contributed by atoms with Crippen molar-refractivity contribution in [2.24, 2.45) is 0 Å². The van der Waals surface area contributed by atoms with Gasteiger partial charge in [0.1, 0.15) is 11.6 Å². The third kappa shape index (κ3) is 2.08. The molecule has 1 heterocycles. The summed E-state index contributed by atoms with van der Waals surface area (Å²) in [6.45, 7) is 0. The van der Waals surface area contributed by atoms with E-state index in [4.69, 9.17) is 11.6 Å². The van der Waals surface area contributed by atoms with Crippen LogP contribution in [0.3, 0.4) is 0 Å². The number of halogens is 3. The summed E-state index contributed by atoms with van der Waals surface area (Å²) >= 11 is 5.86. The second kappa shape index (κ2) is 4.72. The topological polar surface area (TPSA) is 32.9 Å². The molecule has 0 atom stereocenters. The smallest absolute Gasteiger partial charge is 0.198 e. The van der Waals surface area contributed by atoms with E-state index in [2.05, 4.69) is 4.98 Å². The summed E-state index contributed by atoms with van der Waals surface area (Å²) in [5.41, 5.74) is 0.841. The van der Waals surface area contributed by atoms with E-state index in [-0.39, 0.29) is 5.56 Å². The number of hydrogen-bond donors (Lipinski definition) is 1. The fourth-order valence-electron chi connectivity index (χ4n) is 2.10. The molecule has 5 heteroatoms. The largest absolute Gasteiger partial charge is 0.360 e. The molecule has 3 rings (SSSR count). The predicted octanol–water partition coefficient (Wildman–Crippen LogP) is 4.33. The Morgan fingerprint density at radius 3 is 2.60 bits per heavy atom. The molecule has 1 aromatic heterocycles. The summed E-state index contributed by atoms with van der Waals surface area (Å²) in [4.78, 5) is 15.2. The molecule has 100 valence electrons. The van der Waals surface area contributed by atoms with Crippen molar-refractivity contribution in [1.29, 1.82) is 0 Å². The summed E-state index contributed by atoms with van der Waals surface area (Å²) in [5, 5.41) is 1.18. The quantitative estimate of drug-likeness (QED) is 0.700. The summed E-state index contributed by atoms with van der Waals surface area (Å²) in [6, 6.07) is 7.90. The first-order chi connectivity index (χ1) is 9.56. The lowest BCUT2D eigenvalue weighted by molar-refractivity contribution is 0.103. The molecule has 0 amide bonds. The van der Waals surface area contributed by atoms with Gasteiger partial charge in [-0.05, 0) is 24.3 Å². The summed E-state index contributed by atoms with van der Waals surface area (Å²) < 4.78 is 26.5. The van der Waals surface area contributed by atoms with Crippen LogP contribution in [0.15, 0.2) is 42.6 Å². The Bertz CT molecular complexity index is 826. The third-order valence-electron chi connectivity index (χ3n) is 3.06. The third-order valence-corrected chi connectivity index (χ3v) is 3.30. The Morgan fingerprint density at radius 1 is 1.05 bits per heavy atom. The molecule has 3 aromatic rings. The molecular weight excluding hydrogens is 284 g/mol. The van der Waals surface area contributed by atoms with E-state index in [1.807, 2.05) is 0 Å². The van der Waals surface area contributed by atoms with Gasteiger partial charge in [-0.15, -0.1) is 0 Å². The average molecular weight is 292 g/mol. The highest BCUT2D eigenvalue weighted by atomic mass is 35.5. The summed E-state index contributed by atoms with van der Waals surface area (Å²) in [6.07, 6.45) is 1.49. The van der Waals surface area contributed by atoms with E-state index in [9.17, 15) is 13.6 Å². The number of aromatic amines is 1. The van der Waals surface area contributed by atoms with Crippen LogP contribution in [0.4, 0.5) is 8.78 Å². The minimum absolute atomic E-state index is 0.165. The Kier molecular flexibility index (Phi) is 3.03. The monoisotopic (exact) mass is 291 g/mol. The van der Waals surface area contributed by atoms with Crippen molar-refractivity contribution >= 4 is 28.3 Å². The number of fused-ring (bicyclic) bond motifs is 1. The first-order valence-corrected chi connectivity index (χ1v) is 6.20. The van der Waals surface area contributed by atoms with Crippen LogP contribution in [-0.4, -0.2) is 10.8 Å². The molecule has 1 N–H and O–H groups in total. The van der Waals surface area contributed by atoms with Gasteiger partial charge in [0.25, 0.3) is 0 Å². The molecule has 0 aliphatic carbocycles. The van der Waals surface area contributed by atoms with Crippen molar-refractivity contribution < 1.29 is 13.6 Å². The summed E-state index contributed by atoms with van der Waals surface area (Å²) in [5.74, 6) is -2.10. The number of ketones is 1. The average Bonchev–Trinajstić information content (AvgIpc) is 2.80. The van der Waals surface area contributed by atoms with Crippen LogP contribution < -0.4 is 0 Å². The first-order valence-electron chi connectivity index (χ1n) is 5.82. The Hall–Kier alpha value is -2.20. The number of nitrogens with one attached hydrogen (secondary N) is 1. The van der Waals surface area contributed by atoms with Crippen LogP contribution in [0.5, 0.6) is 0 Å². The Labute approximate surface area is 118 Å². The number of rotatable bonds is 2.